The molecule has 0 unspecified atom stereocenters. The first kappa shape index (κ1) is 13.7. The Hall–Kier alpha value is -1.40. The van der Waals surface area contributed by atoms with Crippen LogP contribution in [-0.4, -0.2) is 44.2 Å². The van der Waals surface area contributed by atoms with E-state index in [9.17, 15) is 9.59 Å². The van der Waals surface area contributed by atoms with Crippen molar-refractivity contribution >= 4 is 11.9 Å². The van der Waals surface area contributed by atoms with Crippen LogP contribution < -0.4 is 0 Å². The first-order valence-electron chi connectivity index (χ1n) is 5.20. The van der Waals surface area contributed by atoms with Crippen molar-refractivity contribution < 1.29 is 28.5 Å². The van der Waals surface area contributed by atoms with E-state index >= 15 is 0 Å². The van der Waals surface area contributed by atoms with Gasteiger partial charge in [-0.2, -0.15) is 0 Å². The van der Waals surface area contributed by atoms with Gasteiger partial charge in [0.1, 0.15) is 12.7 Å². The van der Waals surface area contributed by atoms with E-state index in [2.05, 4.69) is 0 Å². The molecule has 0 aromatic carbocycles. The van der Waals surface area contributed by atoms with E-state index in [1.165, 1.54) is 21.0 Å². The quantitative estimate of drug-likeness (QED) is 0.527. The van der Waals surface area contributed by atoms with Gasteiger partial charge in [-0.15, -0.1) is 0 Å². The molecular weight excluding hydrogens is 228 g/mol. The maximum absolute atomic E-state index is 10.8. The molecule has 0 aromatic heterocycles. The average molecular weight is 244 g/mol. The molecule has 6 nitrogen and oxygen atoms in total. The summed E-state index contributed by atoms with van der Waals surface area (Å²) in [6.45, 7) is 2.74. The summed E-state index contributed by atoms with van der Waals surface area (Å²) in [4.78, 5) is 21.5. The lowest BCUT2D eigenvalue weighted by atomic mass is 10.2. The van der Waals surface area contributed by atoms with Gasteiger partial charge in [-0.05, 0) is 6.08 Å². The second-order valence-corrected chi connectivity index (χ2v) is 3.54. The van der Waals surface area contributed by atoms with Gasteiger partial charge < -0.3 is 18.9 Å². The highest BCUT2D eigenvalue weighted by Gasteiger charge is 2.29. The maximum atomic E-state index is 10.8. The lowest BCUT2D eigenvalue weighted by molar-refractivity contribution is -0.211. The molecule has 1 aliphatic heterocycles. The fourth-order valence-electron chi connectivity index (χ4n) is 1.39. The Morgan fingerprint density at radius 3 is 2.47 bits per heavy atom. The predicted molar refractivity (Wildman–Crippen MR) is 57.0 cm³/mol. The number of carbonyl (C=O) groups excluding carboxylic acids is 2. The van der Waals surface area contributed by atoms with Crippen molar-refractivity contribution in [1.29, 1.82) is 0 Å². The summed E-state index contributed by atoms with van der Waals surface area (Å²) in [5.41, 5.74) is 0. The Balaban J connectivity index is 2.54. The molecule has 0 amide bonds. The number of carbonyl (C=O) groups is 2. The molecule has 1 aliphatic rings. The van der Waals surface area contributed by atoms with Gasteiger partial charge in [0.15, 0.2) is 12.4 Å². The normalized spacial score (nSPS) is 27.6. The monoisotopic (exact) mass is 244 g/mol. The molecule has 96 valence electrons. The van der Waals surface area contributed by atoms with Gasteiger partial charge >= 0.3 is 11.9 Å². The number of esters is 2. The highest BCUT2D eigenvalue weighted by molar-refractivity contribution is 5.66. The third-order valence-corrected chi connectivity index (χ3v) is 2.08. The third kappa shape index (κ3) is 4.54. The van der Waals surface area contributed by atoms with Crippen molar-refractivity contribution in [1.82, 2.24) is 0 Å². The molecule has 0 fully saturated rings. The van der Waals surface area contributed by atoms with Crippen molar-refractivity contribution in [3.8, 4) is 0 Å². The zero-order chi connectivity index (χ0) is 12.8. The molecule has 0 aliphatic carbocycles. The van der Waals surface area contributed by atoms with Crippen molar-refractivity contribution in [2.24, 2.45) is 0 Å². The summed E-state index contributed by atoms with van der Waals surface area (Å²) >= 11 is 0. The third-order valence-electron chi connectivity index (χ3n) is 2.08. The van der Waals surface area contributed by atoms with Gasteiger partial charge in [0, 0.05) is 21.0 Å². The zero-order valence-electron chi connectivity index (χ0n) is 10.0. The Morgan fingerprint density at radius 1 is 1.24 bits per heavy atom. The molecule has 1 rings (SSSR count). The van der Waals surface area contributed by atoms with Gasteiger partial charge in [-0.3, -0.25) is 9.59 Å². The predicted octanol–water partition coefficient (Wildman–Crippen LogP) is 0.409. The number of rotatable bonds is 4. The van der Waals surface area contributed by atoms with E-state index < -0.39 is 24.5 Å². The first-order valence-corrected chi connectivity index (χ1v) is 5.20. The Labute approximate surface area is 99.5 Å². The maximum Gasteiger partial charge on any atom is 0.303 e. The molecule has 0 spiro atoms. The molecular formula is C11H16O6. The SMILES string of the molecule is CO[C@@H]1O[C@H](COC(C)=O)C=C[C@H]1OC(C)=O. The van der Waals surface area contributed by atoms with Crippen LogP contribution in [-0.2, 0) is 28.5 Å². The van der Waals surface area contributed by atoms with Crippen LogP contribution >= 0.6 is 0 Å². The molecule has 0 saturated carbocycles. The number of hydrogen-bond donors (Lipinski definition) is 0. The summed E-state index contributed by atoms with van der Waals surface area (Å²) < 4.78 is 20.3. The lowest BCUT2D eigenvalue weighted by Gasteiger charge is -2.30. The first-order chi connectivity index (χ1) is 8.02. The van der Waals surface area contributed by atoms with E-state index in [-0.39, 0.29) is 12.6 Å². The lowest BCUT2D eigenvalue weighted by Crippen LogP contribution is -2.40. The molecule has 1 heterocycles. The topological polar surface area (TPSA) is 71.1 Å². The molecule has 17 heavy (non-hydrogen) atoms. The van der Waals surface area contributed by atoms with Gasteiger partial charge in [0.25, 0.3) is 0 Å². The second kappa shape index (κ2) is 6.36. The van der Waals surface area contributed by atoms with E-state index in [4.69, 9.17) is 18.9 Å². The van der Waals surface area contributed by atoms with E-state index in [0.717, 1.165) is 0 Å². The van der Waals surface area contributed by atoms with Crippen LogP contribution in [0.3, 0.4) is 0 Å². The summed E-state index contributed by atoms with van der Waals surface area (Å²) in [5, 5.41) is 0. The average Bonchev–Trinajstić information content (AvgIpc) is 2.26. The van der Waals surface area contributed by atoms with Crippen molar-refractivity contribution in [3.63, 3.8) is 0 Å². The molecule has 0 N–H and O–H groups in total. The molecule has 0 aromatic rings. The van der Waals surface area contributed by atoms with Crippen molar-refractivity contribution in [3.05, 3.63) is 12.2 Å². The van der Waals surface area contributed by atoms with Crippen molar-refractivity contribution in [2.45, 2.75) is 32.3 Å². The van der Waals surface area contributed by atoms with Crippen molar-refractivity contribution in [2.75, 3.05) is 13.7 Å². The van der Waals surface area contributed by atoms with E-state index in [1.807, 2.05) is 0 Å². The van der Waals surface area contributed by atoms with Crippen LogP contribution in [0.15, 0.2) is 12.2 Å². The van der Waals surface area contributed by atoms with E-state index in [1.54, 1.807) is 12.2 Å². The Morgan fingerprint density at radius 2 is 1.94 bits per heavy atom. The van der Waals surface area contributed by atoms with Crippen LogP contribution in [0.1, 0.15) is 13.8 Å². The Kier molecular flexibility index (Phi) is 5.11. The highest BCUT2D eigenvalue weighted by Crippen LogP contribution is 2.17. The van der Waals surface area contributed by atoms with Crippen LogP contribution in [0.25, 0.3) is 0 Å². The number of hydrogen-bond acceptors (Lipinski definition) is 6. The van der Waals surface area contributed by atoms with Gasteiger partial charge in [-0.1, -0.05) is 6.08 Å². The number of methoxy groups -OCH3 is 1. The van der Waals surface area contributed by atoms with Crippen LogP contribution in [0.5, 0.6) is 0 Å². The molecule has 0 bridgehead atoms. The van der Waals surface area contributed by atoms with Gasteiger partial charge in [0.2, 0.25) is 0 Å². The van der Waals surface area contributed by atoms with Crippen LogP contribution in [0, 0.1) is 0 Å². The largest absolute Gasteiger partial charge is 0.463 e. The second-order valence-electron chi connectivity index (χ2n) is 3.54. The summed E-state index contributed by atoms with van der Waals surface area (Å²) in [6.07, 6.45) is 1.67. The fourth-order valence-corrected chi connectivity index (χ4v) is 1.39. The standard InChI is InChI=1S/C11H16O6/c1-7(12)15-6-9-4-5-10(16-8(2)13)11(14-3)17-9/h4-5,9-11H,6H2,1-3H3/t9-,10+,11+/m0/s1. The highest BCUT2D eigenvalue weighted by atomic mass is 16.7. The molecule has 6 heteroatoms. The minimum atomic E-state index is -0.690. The molecule has 0 saturated heterocycles. The van der Waals surface area contributed by atoms with Crippen LogP contribution in [0.2, 0.25) is 0 Å². The smallest absolute Gasteiger partial charge is 0.303 e. The van der Waals surface area contributed by atoms with Gasteiger partial charge in [-0.25, -0.2) is 0 Å². The van der Waals surface area contributed by atoms with Gasteiger partial charge in [0.05, 0.1) is 0 Å². The van der Waals surface area contributed by atoms with Crippen LogP contribution in [0.4, 0.5) is 0 Å². The summed E-state index contributed by atoms with van der Waals surface area (Å²) in [5.74, 6) is -0.790. The fraction of sp³-hybridized carbons (Fsp3) is 0.636. The Bertz CT molecular complexity index is 311. The minimum absolute atomic E-state index is 0.110. The number of ether oxygens (including phenoxy) is 4. The minimum Gasteiger partial charge on any atom is -0.463 e. The zero-order valence-corrected chi connectivity index (χ0v) is 10.0. The molecule has 0 radical (unpaired) electrons. The van der Waals surface area contributed by atoms with E-state index in [0.29, 0.717) is 0 Å². The summed E-state index contributed by atoms with van der Waals surface area (Å²) in [7, 11) is 1.45. The summed E-state index contributed by atoms with van der Waals surface area (Å²) in [6, 6.07) is 0. The molecule has 3 atom stereocenters.